The zero-order valence-electron chi connectivity index (χ0n) is 15.9. The van der Waals surface area contributed by atoms with Gasteiger partial charge in [-0.05, 0) is 41.6 Å². The molecule has 2 aromatic rings. The molecule has 2 aromatic carbocycles. The van der Waals surface area contributed by atoms with Crippen LogP contribution in [0.5, 0.6) is 5.75 Å². The van der Waals surface area contributed by atoms with Gasteiger partial charge < -0.3 is 10.1 Å². The third-order valence-corrected chi connectivity index (χ3v) is 5.03. The molecule has 0 aliphatic carbocycles. The Labute approximate surface area is 180 Å². The lowest BCUT2D eigenvalue weighted by Gasteiger charge is -2.13. The molecule has 160 valence electrons. The number of ether oxygens (including phenoxy) is 1. The Balaban J connectivity index is 1.49. The molecule has 1 saturated heterocycles. The molecule has 0 spiro atoms. The zero-order chi connectivity index (χ0) is 22.4. The van der Waals surface area contributed by atoms with Gasteiger partial charge in [-0.15, -0.1) is 0 Å². The number of hydrogen-bond acceptors (Lipinski definition) is 7. The standard InChI is InChI=1S/C20H16FN3O6S/c21-14-7-5-13(6-8-14)11-17-19(26)23(20(27)31-17)10-9-22-18(25)12-30-16-4-2-1-3-15(16)24(28)29/h1-8,11H,9-10,12H2,(H,22,25)/b17-11-. The first-order valence-corrected chi connectivity index (χ1v) is 9.80. The van der Waals surface area contributed by atoms with E-state index in [0.717, 1.165) is 16.7 Å². The fourth-order valence-corrected chi connectivity index (χ4v) is 3.50. The van der Waals surface area contributed by atoms with Gasteiger partial charge in [0, 0.05) is 19.2 Å². The highest BCUT2D eigenvalue weighted by atomic mass is 32.2. The van der Waals surface area contributed by atoms with Gasteiger partial charge in [0.1, 0.15) is 5.82 Å². The molecule has 9 nitrogen and oxygen atoms in total. The lowest BCUT2D eigenvalue weighted by Crippen LogP contribution is -2.38. The van der Waals surface area contributed by atoms with Gasteiger partial charge in [0.25, 0.3) is 17.1 Å². The lowest BCUT2D eigenvalue weighted by atomic mass is 10.2. The third kappa shape index (κ3) is 5.66. The summed E-state index contributed by atoms with van der Waals surface area (Å²) in [6.45, 7) is -0.527. The highest BCUT2D eigenvalue weighted by molar-refractivity contribution is 8.18. The molecule has 0 saturated carbocycles. The van der Waals surface area contributed by atoms with E-state index in [2.05, 4.69) is 5.32 Å². The Hall–Kier alpha value is -3.73. The zero-order valence-corrected chi connectivity index (χ0v) is 16.8. The van der Waals surface area contributed by atoms with E-state index >= 15 is 0 Å². The Kier molecular flexibility index (Phi) is 6.98. The van der Waals surface area contributed by atoms with Crippen molar-refractivity contribution in [1.82, 2.24) is 10.2 Å². The number of imide groups is 1. The van der Waals surface area contributed by atoms with Gasteiger partial charge in [0.2, 0.25) is 0 Å². The summed E-state index contributed by atoms with van der Waals surface area (Å²) < 4.78 is 18.2. The van der Waals surface area contributed by atoms with Crippen molar-refractivity contribution >= 4 is 40.6 Å². The second-order valence-electron chi connectivity index (χ2n) is 6.25. The van der Waals surface area contributed by atoms with Crippen molar-refractivity contribution in [3.8, 4) is 5.75 Å². The van der Waals surface area contributed by atoms with E-state index in [-0.39, 0.29) is 29.4 Å². The van der Waals surface area contributed by atoms with Gasteiger partial charge >= 0.3 is 5.69 Å². The van der Waals surface area contributed by atoms with E-state index in [9.17, 15) is 28.9 Å². The quantitative estimate of drug-likeness (QED) is 0.377. The number of nitrogens with zero attached hydrogens (tertiary/aromatic N) is 2. The van der Waals surface area contributed by atoms with E-state index < -0.39 is 34.4 Å². The minimum atomic E-state index is -0.619. The Morgan fingerprint density at radius 1 is 1.19 bits per heavy atom. The average Bonchev–Trinajstić information content (AvgIpc) is 3.01. The summed E-state index contributed by atoms with van der Waals surface area (Å²) in [7, 11) is 0. The molecule has 3 rings (SSSR count). The molecule has 0 bridgehead atoms. The normalized spacial score (nSPS) is 14.7. The van der Waals surface area contributed by atoms with Gasteiger partial charge in [-0.25, -0.2) is 4.39 Å². The number of halogens is 1. The number of thioether (sulfide) groups is 1. The predicted octanol–water partition coefficient (Wildman–Crippen LogP) is 2.97. The topological polar surface area (TPSA) is 119 Å². The second-order valence-corrected chi connectivity index (χ2v) is 7.24. The number of nitro groups is 1. The molecule has 3 amide bonds. The molecule has 31 heavy (non-hydrogen) atoms. The maximum atomic E-state index is 13.0. The maximum Gasteiger partial charge on any atom is 0.310 e. The molecular formula is C20H16FN3O6S. The van der Waals surface area contributed by atoms with Crippen LogP contribution in [0.1, 0.15) is 5.56 Å². The molecule has 0 radical (unpaired) electrons. The van der Waals surface area contributed by atoms with Crippen molar-refractivity contribution in [1.29, 1.82) is 0 Å². The number of nitrogens with one attached hydrogen (secondary N) is 1. The van der Waals surface area contributed by atoms with Crippen LogP contribution in [0.25, 0.3) is 6.08 Å². The van der Waals surface area contributed by atoms with Gasteiger partial charge in [-0.3, -0.25) is 29.4 Å². The highest BCUT2D eigenvalue weighted by Gasteiger charge is 2.34. The Morgan fingerprint density at radius 2 is 1.90 bits per heavy atom. The smallest absolute Gasteiger partial charge is 0.310 e. The predicted molar refractivity (Wildman–Crippen MR) is 111 cm³/mol. The maximum absolute atomic E-state index is 13.0. The summed E-state index contributed by atoms with van der Waals surface area (Å²) in [5.41, 5.74) is 0.313. The first-order chi connectivity index (χ1) is 14.8. The van der Waals surface area contributed by atoms with Crippen LogP contribution < -0.4 is 10.1 Å². The van der Waals surface area contributed by atoms with Crippen molar-refractivity contribution in [2.75, 3.05) is 19.7 Å². The lowest BCUT2D eigenvalue weighted by molar-refractivity contribution is -0.385. The monoisotopic (exact) mass is 445 g/mol. The minimum Gasteiger partial charge on any atom is -0.477 e. The molecule has 1 fully saturated rings. The Bertz CT molecular complexity index is 1060. The molecule has 1 heterocycles. The molecule has 1 aliphatic rings. The largest absolute Gasteiger partial charge is 0.477 e. The van der Waals surface area contributed by atoms with Crippen LogP contribution >= 0.6 is 11.8 Å². The number of hydrogen-bond donors (Lipinski definition) is 1. The van der Waals surface area contributed by atoms with Crippen molar-refractivity contribution in [3.63, 3.8) is 0 Å². The SMILES string of the molecule is O=C(COc1ccccc1[N+](=O)[O-])NCCN1C(=O)S/C(=C\c2ccc(F)cc2)C1=O. The third-order valence-electron chi connectivity index (χ3n) is 4.12. The first kappa shape index (κ1) is 22.0. The van der Waals surface area contributed by atoms with Crippen molar-refractivity contribution in [2.24, 2.45) is 0 Å². The number of carbonyl (C=O) groups is 3. The van der Waals surface area contributed by atoms with Crippen LogP contribution in [-0.2, 0) is 9.59 Å². The van der Waals surface area contributed by atoms with E-state index in [4.69, 9.17) is 4.74 Å². The van der Waals surface area contributed by atoms with Crippen LogP contribution in [0.3, 0.4) is 0 Å². The number of benzene rings is 2. The van der Waals surface area contributed by atoms with Gasteiger partial charge in [0.15, 0.2) is 12.4 Å². The molecule has 0 aromatic heterocycles. The molecular weight excluding hydrogens is 429 g/mol. The van der Waals surface area contributed by atoms with Crippen LogP contribution in [-0.4, -0.2) is 46.6 Å². The number of nitro benzene ring substituents is 1. The molecule has 11 heteroatoms. The van der Waals surface area contributed by atoms with E-state index in [1.54, 1.807) is 6.07 Å². The number of amides is 3. The number of para-hydroxylation sites is 2. The fraction of sp³-hybridized carbons (Fsp3) is 0.150. The summed E-state index contributed by atoms with van der Waals surface area (Å²) >= 11 is 0.755. The van der Waals surface area contributed by atoms with Crippen LogP contribution in [0, 0.1) is 15.9 Å². The highest BCUT2D eigenvalue weighted by Crippen LogP contribution is 2.32. The fourth-order valence-electron chi connectivity index (χ4n) is 2.63. The van der Waals surface area contributed by atoms with Crippen LogP contribution in [0.4, 0.5) is 14.9 Å². The molecule has 0 unspecified atom stereocenters. The van der Waals surface area contributed by atoms with Crippen LogP contribution in [0.2, 0.25) is 0 Å². The van der Waals surface area contributed by atoms with Crippen molar-refractivity contribution in [3.05, 3.63) is 74.9 Å². The van der Waals surface area contributed by atoms with E-state index in [1.807, 2.05) is 0 Å². The first-order valence-electron chi connectivity index (χ1n) is 8.99. The number of carbonyl (C=O) groups excluding carboxylic acids is 3. The second kappa shape index (κ2) is 9.85. The van der Waals surface area contributed by atoms with Gasteiger partial charge in [-0.1, -0.05) is 24.3 Å². The summed E-state index contributed by atoms with van der Waals surface area (Å²) in [5, 5.41) is 12.9. The summed E-state index contributed by atoms with van der Waals surface area (Å²) in [4.78, 5) is 47.9. The van der Waals surface area contributed by atoms with Gasteiger partial charge in [0.05, 0.1) is 9.83 Å². The summed E-state index contributed by atoms with van der Waals surface area (Å²) in [6.07, 6.45) is 1.49. The molecule has 0 atom stereocenters. The van der Waals surface area contributed by atoms with E-state index in [0.29, 0.717) is 5.56 Å². The van der Waals surface area contributed by atoms with Crippen molar-refractivity contribution < 1.29 is 28.4 Å². The van der Waals surface area contributed by atoms with E-state index in [1.165, 1.54) is 48.5 Å². The minimum absolute atomic E-state index is 0.0130. The molecule has 1 aliphatic heterocycles. The summed E-state index contributed by atoms with van der Waals surface area (Å²) in [5.74, 6) is -1.52. The van der Waals surface area contributed by atoms with Crippen LogP contribution in [0.15, 0.2) is 53.4 Å². The van der Waals surface area contributed by atoms with Gasteiger partial charge in [-0.2, -0.15) is 0 Å². The molecule has 1 N–H and O–H groups in total. The number of rotatable bonds is 8. The Morgan fingerprint density at radius 3 is 2.61 bits per heavy atom. The average molecular weight is 445 g/mol. The summed E-state index contributed by atoms with van der Waals surface area (Å²) in [6, 6.07) is 11.1. The van der Waals surface area contributed by atoms with Crippen molar-refractivity contribution in [2.45, 2.75) is 0 Å².